The lowest BCUT2D eigenvalue weighted by Crippen LogP contribution is -2.31. The monoisotopic (exact) mass is 422 g/mol. The highest BCUT2D eigenvalue weighted by Gasteiger charge is 2.11. The van der Waals surface area contributed by atoms with Crippen molar-refractivity contribution < 1.29 is 9.84 Å². The third kappa shape index (κ3) is 4.37. The number of aliphatic hydroxyl groups excluding tert-OH is 1. The molecule has 1 heterocycles. The Labute approximate surface area is 187 Å². The Kier molecular flexibility index (Phi) is 5.88. The standard InChI is InChI=1S/C28H26N2O2/c31-23(18-29-17-20-13-15-22(16-14-20)21-7-2-1-3-8-21)19-32-27-12-6-11-26-28(27)24-9-4-5-10-25(24)30-26/h1-16,23,29-31H,17-19H2. The number of aromatic nitrogens is 1. The zero-order valence-corrected chi connectivity index (χ0v) is 17.8. The topological polar surface area (TPSA) is 57.3 Å². The smallest absolute Gasteiger partial charge is 0.129 e. The van der Waals surface area contributed by atoms with Crippen LogP contribution >= 0.6 is 0 Å². The van der Waals surface area contributed by atoms with Gasteiger partial charge >= 0.3 is 0 Å². The van der Waals surface area contributed by atoms with Crippen molar-refractivity contribution in [2.24, 2.45) is 0 Å². The van der Waals surface area contributed by atoms with Gasteiger partial charge in [-0.05, 0) is 34.9 Å². The van der Waals surface area contributed by atoms with E-state index >= 15 is 0 Å². The van der Waals surface area contributed by atoms with Crippen molar-refractivity contribution in [1.82, 2.24) is 10.3 Å². The van der Waals surface area contributed by atoms with Gasteiger partial charge in [0.25, 0.3) is 0 Å². The maximum atomic E-state index is 10.4. The summed E-state index contributed by atoms with van der Waals surface area (Å²) in [6, 6.07) is 33.0. The van der Waals surface area contributed by atoms with Gasteiger partial charge in [0.15, 0.2) is 0 Å². The number of ether oxygens (including phenoxy) is 1. The largest absolute Gasteiger partial charge is 0.490 e. The molecule has 0 saturated carbocycles. The number of aliphatic hydroxyl groups is 1. The van der Waals surface area contributed by atoms with E-state index in [1.54, 1.807) is 0 Å². The van der Waals surface area contributed by atoms with Gasteiger partial charge in [0.05, 0.1) is 5.52 Å². The van der Waals surface area contributed by atoms with Gasteiger partial charge < -0.3 is 20.1 Å². The number of para-hydroxylation sites is 1. The molecule has 0 radical (unpaired) electrons. The van der Waals surface area contributed by atoms with Crippen molar-refractivity contribution in [2.75, 3.05) is 13.2 Å². The Morgan fingerprint density at radius 2 is 1.47 bits per heavy atom. The fourth-order valence-electron chi connectivity index (χ4n) is 4.06. The van der Waals surface area contributed by atoms with Crippen LogP contribution in [0.4, 0.5) is 0 Å². The lowest BCUT2D eigenvalue weighted by molar-refractivity contribution is 0.107. The van der Waals surface area contributed by atoms with E-state index in [9.17, 15) is 5.11 Å². The van der Waals surface area contributed by atoms with Crippen LogP contribution in [-0.4, -0.2) is 29.3 Å². The van der Waals surface area contributed by atoms with E-state index in [0.29, 0.717) is 13.1 Å². The van der Waals surface area contributed by atoms with Gasteiger partial charge in [-0.1, -0.05) is 78.9 Å². The predicted molar refractivity (Wildman–Crippen MR) is 131 cm³/mol. The number of benzene rings is 4. The minimum absolute atomic E-state index is 0.235. The molecule has 160 valence electrons. The first-order chi connectivity index (χ1) is 15.8. The van der Waals surface area contributed by atoms with Crippen molar-refractivity contribution in [1.29, 1.82) is 0 Å². The highest BCUT2D eigenvalue weighted by atomic mass is 16.5. The zero-order valence-electron chi connectivity index (χ0n) is 17.8. The molecule has 3 N–H and O–H groups in total. The average molecular weight is 423 g/mol. The Bertz CT molecular complexity index is 1310. The van der Waals surface area contributed by atoms with E-state index < -0.39 is 6.10 Å². The molecule has 0 bridgehead atoms. The number of rotatable bonds is 8. The quantitative estimate of drug-likeness (QED) is 0.309. The summed E-state index contributed by atoms with van der Waals surface area (Å²) in [5.74, 6) is 0.788. The van der Waals surface area contributed by atoms with Crippen LogP contribution in [0.3, 0.4) is 0 Å². The molecule has 1 aromatic heterocycles. The van der Waals surface area contributed by atoms with Gasteiger partial charge in [-0.3, -0.25) is 0 Å². The highest BCUT2D eigenvalue weighted by molar-refractivity contribution is 6.10. The van der Waals surface area contributed by atoms with Crippen LogP contribution < -0.4 is 10.1 Å². The minimum atomic E-state index is -0.598. The zero-order chi connectivity index (χ0) is 21.8. The van der Waals surface area contributed by atoms with Crippen LogP contribution in [0.25, 0.3) is 32.9 Å². The summed E-state index contributed by atoms with van der Waals surface area (Å²) in [5.41, 5.74) is 5.72. The molecule has 0 fully saturated rings. The van der Waals surface area contributed by atoms with Gasteiger partial charge in [0, 0.05) is 29.4 Å². The third-order valence-corrected chi connectivity index (χ3v) is 5.69. The van der Waals surface area contributed by atoms with Crippen molar-refractivity contribution in [3.63, 3.8) is 0 Å². The van der Waals surface area contributed by atoms with Gasteiger partial charge in [0.1, 0.15) is 18.5 Å². The number of fused-ring (bicyclic) bond motifs is 3. The average Bonchev–Trinajstić information content (AvgIpc) is 3.23. The van der Waals surface area contributed by atoms with E-state index in [-0.39, 0.29) is 6.61 Å². The first-order valence-corrected chi connectivity index (χ1v) is 10.9. The van der Waals surface area contributed by atoms with Gasteiger partial charge in [0.2, 0.25) is 0 Å². The van der Waals surface area contributed by atoms with E-state index in [0.717, 1.165) is 27.6 Å². The molecule has 4 nitrogen and oxygen atoms in total. The van der Waals surface area contributed by atoms with Crippen molar-refractivity contribution in [3.05, 3.63) is 103 Å². The van der Waals surface area contributed by atoms with Crippen LogP contribution in [-0.2, 0) is 6.54 Å². The first kappa shape index (κ1) is 20.3. The maximum absolute atomic E-state index is 10.4. The van der Waals surface area contributed by atoms with E-state index in [4.69, 9.17) is 4.74 Å². The molecule has 1 unspecified atom stereocenters. The van der Waals surface area contributed by atoms with E-state index in [1.807, 2.05) is 48.5 Å². The SMILES string of the molecule is OC(CNCc1ccc(-c2ccccc2)cc1)COc1cccc2[nH]c3ccccc3c12. The Morgan fingerprint density at radius 3 is 2.31 bits per heavy atom. The van der Waals surface area contributed by atoms with Crippen molar-refractivity contribution in [3.8, 4) is 16.9 Å². The maximum Gasteiger partial charge on any atom is 0.129 e. The van der Waals surface area contributed by atoms with E-state index in [2.05, 4.69) is 58.8 Å². The van der Waals surface area contributed by atoms with Gasteiger partial charge in [-0.15, -0.1) is 0 Å². The molecule has 0 aliphatic carbocycles. The molecule has 0 spiro atoms. The summed E-state index contributed by atoms with van der Waals surface area (Å²) in [7, 11) is 0. The summed E-state index contributed by atoms with van der Waals surface area (Å²) in [6.07, 6.45) is -0.598. The molecule has 0 amide bonds. The van der Waals surface area contributed by atoms with Crippen LogP contribution in [0.15, 0.2) is 97.1 Å². The summed E-state index contributed by atoms with van der Waals surface area (Å²) in [5, 5.41) is 15.9. The fraction of sp³-hybridized carbons (Fsp3) is 0.143. The molecule has 0 saturated heterocycles. The molecular weight excluding hydrogens is 396 g/mol. The normalized spacial score (nSPS) is 12.3. The number of hydrogen-bond acceptors (Lipinski definition) is 3. The highest BCUT2D eigenvalue weighted by Crippen LogP contribution is 2.33. The van der Waals surface area contributed by atoms with Gasteiger partial charge in [-0.25, -0.2) is 0 Å². The second kappa shape index (κ2) is 9.27. The number of H-pyrrole nitrogens is 1. The van der Waals surface area contributed by atoms with Gasteiger partial charge in [-0.2, -0.15) is 0 Å². The Hall–Kier alpha value is -3.60. The van der Waals surface area contributed by atoms with Crippen molar-refractivity contribution >= 4 is 21.8 Å². The summed E-state index contributed by atoms with van der Waals surface area (Å²) >= 11 is 0. The fourth-order valence-corrected chi connectivity index (χ4v) is 4.06. The predicted octanol–water partition coefficient (Wildman–Crippen LogP) is 5.52. The van der Waals surface area contributed by atoms with Crippen molar-refractivity contribution in [2.45, 2.75) is 12.6 Å². The molecule has 0 aliphatic heterocycles. The van der Waals surface area contributed by atoms with Crippen LogP contribution in [0.1, 0.15) is 5.56 Å². The first-order valence-electron chi connectivity index (χ1n) is 10.9. The minimum Gasteiger partial charge on any atom is -0.490 e. The second-order valence-corrected chi connectivity index (χ2v) is 8.01. The number of hydrogen-bond donors (Lipinski definition) is 3. The van der Waals surface area contributed by atoms with Crippen LogP contribution in [0.2, 0.25) is 0 Å². The molecule has 4 heteroatoms. The lowest BCUT2D eigenvalue weighted by atomic mass is 10.0. The molecule has 4 aromatic carbocycles. The molecule has 0 aliphatic rings. The Balaban J connectivity index is 1.15. The molecule has 32 heavy (non-hydrogen) atoms. The summed E-state index contributed by atoms with van der Waals surface area (Å²) in [4.78, 5) is 3.42. The number of aromatic amines is 1. The second-order valence-electron chi connectivity index (χ2n) is 8.01. The summed E-state index contributed by atoms with van der Waals surface area (Å²) < 4.78 is 6.00. The van der Waals surface area contributed by atoms with Crippen LogP contribution in [0.5, 0.6) is 5.75 Å². The summed E-state index contributed by atoms with van der Waals surface area (Å²) in [6.45, 7) is 1.40. The molecule has 5 rings (SSSR count). The third-order valence-electron chi connectivity index (χ3n) is 5.69. The van der Waals surface area contributed by atoms with E-state index in [1.165, 1.54) is 16.7 Å². The molecule has 1 atom stereocenters. The lowest BCUT2D eigenvalue weighted by Gasteiger charge is -2.14. The number of nitrogens with one attached hydrogen (secondary N) is 2. The molecule has 5 aromatic rings. The van der Waals surface area contributed by atoms with Crippen LogP contribution in [0, 0.1) is 0 Å². The Morgan fingerprint density at radius 1 is 0.750 bits per heavy atom. The molecular formula is C28H26N2O2.